The van der Waals surface area contributed by atoms with E-state index in [9.17, 15) is 19.7 Å². The van der Waals surface area contributed by atoms with E-state index in [2.05, 4.69) is 4.99 Å². The van der Waals surface area contributed by atoms with Crippen molar-refractivity contribution in [2.75, 3.05) is 0 Å². The van der Waals surface area contributed by atoms with Crippen LogP contribution in [0.4, 0.5) is 5.69 Å². The molecule has 0 bridgehead atoms. The van der Waals surface area contributed by atoms with E-state index in [1.54, 1.807) is 0 Å². The second kappa shape index (κ2) is 6.98. The lowest BCUT2D eigenvalue weighted by molar-refractivity contribution is -0.384. The molecule has 0 aliphatic heterocycles. The fourth-order valence-corrected chi connectivity index (χ4v) is 1.42. The minimum atomic E-state index is -1.24. The Balaban J connectivity index is 2.82. The lowest BCUT2D eigenvalue weighted by atomic mass is 10.1. The molecule has 0 amide bonds. The second-order valence-corrected chi connectivity index (χ2v) is 3.92. The first-order valence-corrected chi connectivity index (χ1v) is 5.62. The van der Waals surface area contributed by atoms with Crippen molar-refractivity contribution in [3.8, 4) is 0 Å². The average molecular weight is 280 g/mol. The van der Waals surface area contributed by atoms with Crippen molar-refractivity contribution in [1.82, 2.24) is 0 Å². The van der Waals surface area contributed by atoms with Gasteiger partial charge in [-0.25, -0.2) is 4.79 Å². The van der Waals surface area contributed by atoms with Gasteiger partial charge in [0.1, 0.15) is 6.04 Å². The largest absolute Gasteiger partial charge is 0.481 e. The molecule has 0 aromatic heterocycles. The van der Waals surface area contributed by atoms with Crippen molar-refractivity contribution in [3.05, 3.63) is 39.9 Å². The molecule has 20 heavy (non-hydrogen) atoms. The Morgan fingerprint density at radius 1 is 1.40 bits per heavy atom. The Labute approximate surface area is 113 Å². The van der Waals surface area contributed by atoms with Crippen LogP contribution in [-0.2, 0) is 9.59 Å². The van der Waals surface area contributed by atoms with Crippen LogP contribution in [0.5, 0.6) is 0 Å². The van der Waals surface area contributed by atoms with Gasteiger partial charge in [-0.3, -0.25) is 19.9 Å². The average Bonchev–Trinajstić information content (AvgIpc) is 2.38. The molecule has 1 atom stereocenters. The molecule has 0 saturated heterocycles. The Morgan fingerprint density at radius 3 is 2.65 bits per heavy atom. The van der Waals surface area contributed by atoms with Crippen LogP contribution in [0.3, 0.4) is 0 Å². The highest BCUT2D eigenvalue weighted by molar-refractivity contribution is 5.84. The van der Waals surface area contributed by atoms with E-state index in [0.29, 0.717) is 5.56 Å². The summed E-state index contributed by atoms with van der Waals surface area (Å²) >= 11 is 0. The van der Waals surface area contributed by atoms with Crippen molar-refractivity contribution in [2.45, 2.75) is 18.9 Å². The number of carboxylic acids is 2. The Hall–Kier alpha value is -2.77. The minimum Gasteiger partial charge on any atom is -0.481 e. The molecule has 1 unspecified atom stereocenters. The molecule has 0 radical (unpaired) electrons. The molecule has 0 heterocycles. The summed E-state index contributed by atoms with van der Waals surface area (Å²) in [6, 6.07) is 4.35. The Bertz CT molecular complexity index is 555. The number of carbonyl (C=O) groups is 2. The van der Waals surface area contributed by atoms with E-state index in [-0.39, 0.29) is 18.5 Å². The van der Waals surface area contributed by atoms with E-state index in [1.807, 2.05) is 0 Å². The standard InChI is InChI=1S/C12H12N2O6/c15-11(16)5-4-10(12(17)18)13-7-8-2-1-3-9(6-8)14(19)20/h1-3,6-7,10H,4-5H2,(H,15,16)(H,17,18). The lowest BCUT2D eigenvalue weighted by Crippen LogP contribution is -2.19. The second-order valence-electron chi connectivity index (χ2n) is 3.92. The molecule has 0 spiro atoms. The molecule has 0 aliphatic carbocycles. The summed E-state index contributed by atoms with van der Waals surface area (Å²) in [5, 5.41) is 28.0. The minimum absolute atomic E-state index is 0.133. The molecule has 2 N–H and O–H groups in total. The Kier molecular flexibility index (Phi) is 5.33. The number of aliphatic carboxylic acids is 2. The zero-order chi connectivity index (χ0) is 15.1. The smallest absolute Gasteiger partial charge is 0.328 e. The van der Waals surface area contributed by atoms with Crippen LogP contribution in [-0.4, -0.2) is 39.3 Å². The number of nitrogens with zero attached hydrogens (tertiary/aromatic N) is 2. The van der Waals surface area contributed by atoms with Crippen molar-refractivity contribution in [1.29, 1.82) is 0 Å². The number of nitro groups is 1. The van der Waals surface area contributed by atoms with Gasteiger partial charge in [0, 0.05) is 24.8 Å². The highest BCUT2D eigenvalue weighted by Gasteiger charge is 2.16. The van der Waals surface area contributed by atoms with Crippen molar-refractivity contribution in [2.24, 2.45) is 4.99 Å². The fourth-order valence-electron chi connectivity index (χ4n) is 1.42. The predicted octanol–water partition coefficient (Wildman–Crippen LogP) is 1.33. The van der Waals surface area contributed by atoms with Gasteiger partial charge in [0.15, 0.2) is 0 Å². The first kappa shape index (κ1) is 15.3. The third-order valence-corrected chi connectivity index (χ3v) is 2.40. The highest BCUT2D eigenvalue weighted by atomic mass is 16.6. The van der Waals surface area contributed by atoms with Gasteiger partial charge >= 0.3 is 11.9 Å². The molecule has 0 aliphatic rings. The zero-order valence-electron chi connectivity index (χ0n) is 10.3. The summed E-state index contributed by atoms with van der Waals surface area (Å²) in [6.45, 7) is 0. The molecule has 1 rings (SSSR count). The monoisotopic (exact) mass is 280 g/mol. The number of aliphatic imine (C=N–C) groups is 1. The van der Waals surface area contributed by atoms with Gasteiger partial charge in [-0.1, -0.05) is 12.1 Å². The van der Waals surface area contributed by atoms with Gasteiger partial charge < -0.3 is 10.2 Å². The van der Waals surface area contributed by atoms with Crippen LogP contribution in [0.25, 0.3) is 0 Å². The molecular formula is C12H12N2O6. The van der Waals surface area contributed by atoms with Crippen LogP contribution in [0.2, 0.25) is 0 Å². The van der Waals surface area contributed by atoms with Crippen LogP contribution in [0.1, 0.15) is 18.4 Å². The number of hydrogen-bond acceptors (Lipinski definition) is 5. The summed E-state index contributed by atoms with van der Waals surface area (Å²) in [4.78, 5) is 35.1. The maximum Gasteiger partial charge on any atom is 0.328 e. The molecule has 0 fully saturated rings. The number of rotatable bonds is 7. The van der Waals surface area contributed by atoms with Gasteiger partial charge in [-0.15, -0.1) is 0 Å². The van der Waals surface area contributed by atoms with Gasteiger partial charge in [-0.2, -0.15) is 0 Å². The van der Waals surface area contributed by atoms with Crippen LogP contribution < -0.4 is 0 Å². The topological polar surface area (TPSA) is 130 Å². The van der Waals surface area contributed by atoms with Gasteiger partial charge in [0.05, 0.1) is 4.92 Å². The Morgan fingerprint density at radius 2 is 2.10 bits per heavy atom. The van der Waals surface area contributed by atoms with E-state index in [0.717, 1.165) is 0 Å². The molecule has 1 aromatic carbocycles. The third-order valence-electron chi connectivity index (χ3n) is 2.40. The number of benzene rings is 1. The highest BCUT2D eigenvalue weighted by Crippen LogP contribution is 2.12. The third kappa shape index (κ3) is 4.84. The van der Waals surface area contributed by atoms with Crippen LogP contribution in [0, 0.1) is 10.1 Å². The van der Waals surface area contributed by atoms with Gasteiger partial charge in [0.25, 0.3) is 5.69 Å². The van der Waals surface area contributed by atoms with E-state index in [4.69, 9.17) is 10.2 Å². The maximum absolute atomic E-state index is 10.9. The lowest BCUT2D eigenvalue weighted by Gasteiger charge is -2.04. The van der Waals surface area contributed by atoms with Crippen molar-refractivity contribution >= 4 is 23.8 Å². The number of carboxylic acid groups (broad SMARTS) is 2. The summed E-state index contributed by atoms with van der Waals surface area (Å²) in [5.74, 6) is -2.35. The molecular weight excluding hydrogens is 268 g/mol. The van der Waals surface area contributed by atoms with Crippen LogP contribution in [0.15, 0.2) is 29.3 Å². The molecule has 1 aromatic rings. The maximum atomic E-state index is 10.9. The number of non-ortho nitro benzene ring substituents is 1. The zero-order valence-corrected chi connectivity index (χ0v) is 10.3. The first-order valence-electron chi connectivity index (χ1n) is 5.62. The number of hydrogen-bond donors (Lipinski definition) is 2. The van der Waals surface area contributed by atoms with E-state index in [1.165, 1.54) is 30.5 Å². The summed E-state index contributed by atoms with van der Waals surface area (Å²) in [7, 11) is 0. The predicted molar refractivity (Wildman–Crippen MR) is 69.0 cm³/mol. The molecule has 8 nitrogen and oxygen atoms in total. The summed E-state index contributed by atoms with van der Waals surface area (Å²) < 4.78 is 0. The fraction of sp³-hybridized carbons (Fsp3) is 0.250. The van der Waals surface area contributed by atoms with E-state index >= 15 is 0 Å². The first-order chi connectivity index (χ1) is 9.40. The summed E-state index contributed by atoms with van der Waals surface area (Å²) in [6.07, 6.45) is 0.729. The van der Waals surface area contributed by atoms with Gasteiger partial charge in [0.2, 0.25) is 0 Å². The van der Waals surface area contributed by atoms with Gasteiger partial charge in [-0.05, 0) is 12.0 Å². The van der Waals surface area contributed by atoms with Crippen LogP contribution >= 0.6 is 0 Å². The van der Waals surface area contributed by atoms with Crippen molar-refractivity contribution in [3.63, 3.8) is 0 Å². The molecule has 8 heteroatoms. The molecule has 0 saturated carbocycles. The molecule has 106 valence electrons. The van der Waals surface area contributed by atoms with E-state index < -0.39 is 22.9 Å². The summed E-state index contributed by atoms with van der Waals surface area (Å²) in [5.41, 5.74) is 0.243. The number of nitro benzene ring substituents is 1. The van der Waals surface area contributed by atoms with Crippen molar-refractivity contribution < 1.29 is 24.7 Å². The SMILES string of the molecule is O=C(O)CCC(N=Cc1cccc([N+](=O)[O-])c1)C(=O)O. The normalized spacial score (nSPS) is 12.2. The quantitative estimate of drug-likeness (QED) is 0.440.